The number of amides is 1. The molecule has 2 aromatic rings. The van der Waals surface area contributed by atoms with E-state index in [2.05, 4.69) is 38.1 Å². The minimum atomic E-state index is -0.952. The molecule has 4 rings (SSSR count). The third kappa shape index (κ3) is 3.93. The summed E-state index contributed by atoms with van der Waals surface area (Å²) < 4.78 is 5.74. The molecule has 0 bridgehead atoms. The molecule has 0 saturated carbocycles. The predicted molar refractivity (Wildman–Crippen MR) is 115 cm³/mol. The van der Waals surface area contributed by atoms with Crippen molar-refractivity contribution in [3.63, 3.8) is 0 Å². The van der Waals surface area contributed by atoms with E-state index in [0.29, 0.717) is 24.8 Å². The molecule has 1 fully saturated rings. The van der Waals surface area contributed by atoms with Crippen molar-refractivity contribution in [2.45, 2.75) is 45.1 Å². The molecule has 2 atom stereocenters. The largest absolute Gasteiger partial charge is 0.480 e. The zero-order valence-electron chi connectivity index (χ0n) is 17.6. The third-order valence-electron chi connectivity index (χ3n) is 6.34. The number of rotatable bonds is 5. The maximum absolute atomic E-state index is 13.0. The van der Waals surface area contributed by atoms with E-state index in [1.807, 2.05) is 24.3 Å². The molecule has 5 heteroatoms. The molecule has 1 heterocycles. The molecule has 0 unspecified atom stereocenters. The molecule has 1 N–H and O–H groups in total. The van der Waals surface area contributed by atoms with E-state index < -0.39 is 18.1 Å². The van der Waals surface area contributed by atoms with Crippen LogP contribution in [0.4, 0.5) is 4.79 Å². The van der Waals surface area contributed by atoms with Crippen LogP contribution in [0.1, 0.15) is 50.2 Å². The molecular formula is C25H29NO4. The van der Waals surface area contributed by atoms with E-state index in [0.717, 1.165) is 24.0 Å². The smallest absolute Gasteiger partial charge is 0.410 e. The lowest BCUT2D eigenvalue weighted by molar-refractivity contribution is -0.144. The Morgan fingerprint density at radius 1 is 1.03 bits per heavy atom. The maximum atomic E-state index is 13.0. The monoisotopic (exact) mass is 407 g/mol. The third-order valence-corrected chi connectivity index (χ3v) is 6.34. The molecule has 1 aliphatic carbocycles. The second-order valence-corrected chi connectivity index (χ2v) is 8.88. The van der Waals surface area contributed by atoms with E-state index in [9.17, 15) is 14.7 Å². The van der Waals surface area contributed by atoms with Crippen LogP contribution in [0.3, 0.4) is 0 Å². The highest BCUT2D eigenvalue weighted by Gasteiger charge is 2.38. The summed E-state index contributed by atoms with van der Waals surface area (Å²) in [6, 6.07) is 15.6. The van der Waals surface area contributed by atoms with Crippen molar-refractivity contribution in [2.75, 3.05) is 13.2 Å². The van der Waals surface area contributed by atoms with Crippen molar-refractivity contribution in [1.29, 1.82) is 0 Å². The van der Waals surface area contributed by atoms with Gasteiger partial charge in [-0.25, -0.2) is 9.59 Å². The molecule has 158 valence electrons. The molecule has 1 amide bonds. The number of hydrogen-bond donors (Lipinski definition) is 1. The van der Waals surface area contributed by atoms with E-state index in [1.165, 1.54) is 16.0 Å². The van der Waals surface area contributed by atoms with Crippen LogP contribution in [-0.4, -0.2) is 41.3 Å². The first-order valence-electron chi connectivity index (χ1n) is 10.8. The zero-order chi connectivity index (χ0) is 21.3. The summed E-state index contributed by atoms with van der Waals surface area (Å²) in [6.07, 6.45) is 1.79. The summed E-state index contributed by atoms with van der Waals surface area (Å²) in [5.41, 5.74) is 4.65. The van der Waals surface area contributed by atoms with Gasteiger partial charge in [0.15, 0.2) is 0 Å². The predicted octanol–water partition coefficient (Wildman–Crippen LogP) is 5.15. The summed E-state index contributed by atoms with van der Waals surface area (Å²) in [6.45, 7) is 4.97. The minimum Gasteiger partial charge on any atom is -0.480 e. The first-order chi connectivity index (χ1) is 14.5. The Morgan fingerprint density at radius 3 is 2.20 bits per heavy atom. The first kappa shape index (κ1) is 20.5. The number of carbonyl (C=O) groups is 2. The molecule has 0 aromatic heterocycles. The summed E-state index contributed by atoms with van der Waals surface area (Å²) in [4.78, 5) is 26.1. The van der Waals surface area contributed by atoms with E-state index in [1.54, 1.807) is 0 Å². The fraction of sp³-hybridized carbons (Fsp3) is 0.440. The molecule has 0 radical (unpaired) electrons. The average Bonchev–Trinajstić information content (AvgIpc) is 3.05. The highest BCUT2D eigenvalue weighted by Crippen LogP contribution is 2.44. The number of fused-ring (bicyclic) bond motifs is 3. The fourth-order valence-electron chi connectivity index (χ4n) is 5.04. The van der Waals surface area contributed by atoms with Crippen LogP contribution in [-0.2, 0) is 9.53 Å². The minimum absolute atomic E-state index is 0.0270. The summed E-state index contributed by atoms with van der Waals surface area (Å²) in [5.74, 6) is -0.144. The van der Waals surface area contributed by atoms with Crippen molar-refractivity contribution in [3.05, 3.63) is 59.7 Å². The van der Waals surface area contributed by atoms with Gasteiger partial charge in [-0.15, -0.1) is 0 Å². The second-order valence-electron chi connectivity index (χ2n) is 8.88. The van der Waals surface area contributed by atoms with Gasteiger partial charge in [-0.2, -0.15) is 0 Å². The number of carboxylic acids is 1. The fourth-order valence-corrected chi connectivity index (χ4v) is 5.04. The van der Waals surface area contributed by atoms with Gasteiger partial charge in [0.2, 0.25) is 0 Å². The van der Waals surface area contributed by atoms with Gasteiger partial charge in [0, 0.05) is 12.5 Å². The van der Waals surface area contributed by atoms with Crippen molar-refractivity contribution >= 4 is 12.1 Å². The number of ether oxygens (including phenoxy) is 1. The SMILES string of the molecule is CC(C)C[C@@H]1CC[C@@H](C(=O)O)N(C(=O)OCC2c3ccccc3-c3ccccc32)C1. The standard InChI is InChI=1S/C25H29NO4/c1-16(2)13-17-11-12-23(24(27)28)26(14-17)25(29)30-15-22-20-9-5-3-7-18(20)19-8-4-6-10-21(19)22/h3-10,16-17,22-23H,11-15H2,1-2H3,(H,27,28)/t17-,23-/m0/s1. The van der Waals surface area contributed by atoms with Gasteiger partial charge >= 0.3 is 12.1 Å². The summed E-state index contributed by atoms with van der Waals surface area (Å²) >= 11 is 0. The van der Waals surface area contributed by atoms with Crippen LogP contribution in [0.2, 0.25) is 0 Å². The van der Waals surface area contributed by atoms with Gasteiger partial charge in [-0.3, -0.25) is 4.90 Å². The molecular weight excluding hydrogens is 378 g/mol. The Hall–Kier alpha value is -2.82. The number of carbonyl (C=O) groups excluding carboxylic acids is 1. The zero-order valence-corrected chi connectivity index (χ0v) is 17.6. The Bertz CT molecular complexity index is 893. The Labute approximate surface area is 177 Å². The van der Waals surface area contributed by atoms with Crippen molar-refractivity contribution in [2.24, 2.45) is 11.8 Å². The topological polar surface area (TPSA) is 66.8 Å². The summed E-state index contributed by atoms with van der Waals surface area (Å²) in [5, 5.41) is 9.62. The van der Waals surface area contributed by atoms with Crippen LogP contribution in [0.15, 0.2) is 48.5 Å². The summed E-state index contributed by atoms with van der Waals surface area (Å²) in [7, 11) is 0. The second kappa shape index (κ2) is 8.50. The highest BCUT2D eigenvalue weighted by molar-refractivity contribution is 5.81. The van der Waals surface area contributed by atoms with Crippen molar-refractivity contribution in [3.8, 4) is 11.1 Å². The number of piperidine rings is 1. The van der Waals surface area contributed by atoms with Crippen LogP contribution < -0.4 is 0 Å². The number of carboxylic acid groups (broad SMARTS) is 1. The number of benzene rings is 2. The molecule has 5 nitrogen and oxygen atoms in total. The van der Waals surface area contributed by atoms with Crippen LogP contribution >= 0.6 is 0 Å². The van der Waals surface area contributed by atoms with Crippen LogP contribution in [0, 0.1) is 11.8 Å². The number of likely N-dealkylation sites (tertiary alicyclic amines) is 1. The van der Waals surface area contributed by atoms with Gasteiger partial charge in [-0.1, -0.05) is 62.4 Å². The van der Waals surface area contributed by atoms with Crippen LogP contribution in [0.5, 0.6) is 0 Å². The molecule has 0 spiro atoms. The average molecular weight is 408 g/mol. The van der Waals surface area contributed by atoms with Crippen LogP contribution in [0.25, 0.3) is 11.1 Å². The number of nitrogens with zero attached hydrogens (tertiary/aromatic N) is 1. The normalized spacial score (nSPS) is 20.7. The molecule has 30 heavy (non-hydrogen) atoms. The molecule has 1 saturated heterocycles. The first-order valence-corrected chi connectivity index (χ1v) is 10.8. The Kier molecular flexibility index (Phi) is 5.80. The van der Waals surface area contributed by atoms with Gasteiger partial charge in [0.05, 0.1) is 0 Å². The molecule has 2 aliphatic rings. The van der Waals surface area contributed by atoms with Gasteiger partial charge in [0.25, 0.3) is 0 Å². The Morgan fingerprint density at radius 2 is 1.63 bits per heavy atom. The van der Waals surface area contributed by atoms with E-state index in [4.69, 9.17) is 4.74 Å². The molecule has 1 aliphatic heterocycles. The van der Waals surface area contributed by atoms with Crippen molar-refractivity contribution in [1.82, 2.24) is 4.90 Å². The van der Waals surface area contributed by atoms with E-state index >= 15 is 0 Å². The lowest BCUT2D eigenvalue weighted by Gasteiger charge is -2.37. The van der Waals surface area contributed by atoms with Crippen molar-refractivity contribution < 1.29 is 19.4 Å². The highest BCUT2D eigenvalue weighted by atomic mass is 16.6. The number of aliphatic carboxylic acids is 1. The lowest BCUT2D eigenvalue weighted by Crippen LogP contribution is -2.51. The van der Waals surface area contributed by atoms with Gasteiger partial charge in [-0.05, 0) is 53.4 Å². The van der Waals surface area contributed by atoms with Gasteiger partial charge in [0.1, 0.15) is 12.6 Å². The Balaban J connectivity index is 1.50. The van der Waals surface area contributed by atoms with Gasteiger partial charge < -0.3 is 9.84 Å². The number of hydrogen-bond acceptors (Lipinski definition) is 3. The van der Waals surface area contributed by atoms with E-state index in [-0.39, 0.29) is 12.5 Å². The maximum Gasteiger partial charge on any atom is 0.410 e. The lowest BCUT2D eigenvalue weighted by atomic mass is 9.87. The molecule has 2 aromatic carbocycles. The quantitative estimate of drug-likeness (QED) is 0.745.